The predicted molar refractivity (Wildman–Crippen MR) is 124 cm³/mol. The molecule has 8 heteroatoms. The molecule has 2 aromatic rings. The molecule has 0 bridgehead atoms. The van der Waals surface area contributed by atoms with Gasteiger partial charge in [0, 0.05) is 49.3 Å². The molecule has 2 fully saturated rings. The summed E-state index contributed by atoms with van der Waals surface area (Å²) in [6.45, 7) is 6.63. The van der Waals surface area contributed by atoms with E-state index in [2.05, 4.69) is 9.80 Å². The van der Waals surface area contributed by atoms with Crippen LogP contribution in [0.5, 0.6) is 0 Å². The summed E-state index contributed by atoms with van der Waals surface area (Å²) in [4.78, 5) is 18.7. The number of carbonyl (C=O) groups excluding carboxylic acids is 1. The fourth-order valence-corrected chi connectivity index (χ4v) is 4.07. The molecule has 162 valence electrons. The normalized spacial score (nSPS) is 17.3. The average Bonchev–Trinajstić information content (AvgIpc) is 2.76. The number of halogens is 3. The molecule has 0 aromatic heterocycles. The van der Waals surface area contributed by atoms with Gasteiger partial charge < -0.3 is 14.5 Å². The molecular weight excluding hydrogens is 445 g/mol. The Bertz CT molecular complexity index is 809. The van der Waals surface area contributed by atoms with Crippen molar-refractivity contribution in [1.82, 2.24) is 9.80 Å². The van der Waals surface area contributed by atoms with Gasteiger partial charge in [-0.15, -0.1) is 0 Å². The van der Waals surface area contributed by atoms with Gasteiger partial charge in [-0.2, -0.15) is 0 Å². The summed E-state index contributed by atoms with van der Waals surface area (Å²) in [7, 11) is 0. The Kier molecular flexibility index (Phi) is 9.09. The second-order valence-corrected chi connectivity index (χ2v) is 8.43. The van der Waals surface area contributed by atoms with Crippen LogP contribution in [0.3, 0.4) is 0 Å². The number of anilines is 1. The number of hydrogen-bond donors (Lipinski definition) is 0. The number of nitrogens with zero attached hydrogens (tertiary/aromatic N) is 3. The second kappa shape index (κ2) is 11.8. The Morgan fingerprint density at radius 2 is 1.50 bits per heavy atom. The number of hydrogen-bond acceptors (Lipinski definition) is 4. The van der Waals surface area contributed by atoms with Crippen molar-refractivity contribution in [2.24, 2.45) is 0 Å². The number of carbonyl (C=O) groups is 1. The highest BCUT2D eigenvalue weighted by Gasteiger charge is 2.24. The molecule has 0 aliphatic carbocycles. The van der Waals surface area contributed by atoms with Crippen LogP contribution in [0.4, 0.5) is 5.69 Å². The van der Waals surface area contributed by atoms with Crippen LogP contribution >= 0.6 is 34.8 Å². The molecule has 0 N–H and O–H groups in total. The highest BCUT2D eigenvalue weighted by molar-refractivity contribution is 6.36. The molecule has 2 saturated heterocycles. The molecule has 0 radical (unpaired) electrons. The maximum absolute atomic E-state index is 12.4. The third kappa shape index (κ3) is 7.03. The standard InChI is InChI=1S/C16H21Cl2N3O2.C6H5Cl/c17-13-1-2-15(14(18)11-13)20-3-5-21(6-4-20)16(22)12-19-7-9-23-10-8-19;7-6-4-2-1-3-5-6/h1-2,11H,3-10,12H2;1-5H. The largest absolute Gasteiger partial charge is 0.379 e. The van der Waals surface area contributed by atoms with E-state index < -0.39 is 0 Å². The zero-order valence-electron chi connectivity index (χ0n) is 16.8. The third-order valence-corrected chi connectivity index (χ3v) is 5.87. The molecule has 2 heterocycles. The highest BCUT2D eigenvalue weighted by atomic mass is 35.5. The fraction of sp³-hybridized carbons (Fsp3) is 0.409. The Labute approximate surface area is 193 Å². The summed E-state index contributed by atoms with van der Waals surface area (Å²) < 4.78 is 5.31. The first-order valence-corrected chi connectivity index (χ1v) is 11.1. The van der Waals surface area contributed by atoms with Gasteiger partial charge in [-0.1, -0.05) is 53.0 Å². The van der Waals surface area contributed by atoms with E-state index >= 15 is 0 Å². The maximum Gasteiger partial charge on any atom is 0.236 e. The van der Waals surface area contributed by atoms with Crippen LogP contribution in [-0.2, 0) is 9.53 Å². The van der Waals surface area contributed by atoms with E-state index in [0.29, 0.717) is 16.6 Å². The monoisotopic (exact) mass is 469 g/mol. The number of piperazine rings is 1. The SMILES string of the molecule is Clc1ccccc1.O=C(CN1CCOCC1)N1CCN(c2ccc(Cl)cc2Cl)CC1. The van der Waals surface area contributed by atoms with Gasteiger partial charge in [-0.3, -0.25) is 9.69 Å². The van der Waals surface area contributed by atoms with Gasteiger partial charge in [-0.25, -0.2) is 0 Å². The second-order valence-electron chi connectivity index (χ2n) is 7.15. The maximum atomic E-state index is 12.4. The van der Waals surface area contributed by atoms with Gasteiger partial charge >= 0.3 is 0 Å². The van der Waals surface area contributed by atoms with Crippen molar-refractivity contribution in [3.63, 3.8) is 0 Å². The number of morpholine rings is 1. The van der Waals surface area contributed by atoms with Gasteiger partial charge in [-0.05, 0) is 30.3 Å². The van der Waals surface area contributed by atoms with Crippen molar-refractivity contribution < 1.29 is 9.53 Å². The third-order valence-electron chi connectivity index (χ3n) is 5.08. The van der Waals surface area contributed by atoms with Crippen LogP contribution in [0.15, 0.2) is 48.5 Å². The molecule has 1 amide bonds. The summed E-state index contributed by atoms with van der Waals surface area (Å²) in [6.07, 6.45) is 0. The van der Waals surface area contributed by atoms with Crippen LogP contribution in [0.2, 0.25) is 15.1 Å². The Hall–Kier alpha value is -1.50. The lowest BCUT2D eigenvalue weighted by Crippen LogP contribution is -2.52. The van der Waals surface area contributed by atoms with E-state index in [9.17, 15) is 4.79 Å². The zero-order chi connectivity index (χ0) is 21.3. The van der Waals surface area contributed by atoms with Crippen molar-refractivity contribution in [3.05, 3.63) is 63.6 Å². The lowest BCUT2D eigenvalue weighted by Gasteiger charge is -2.37. The minimum atomic E-state index is 0.203. The quantitative estimate of drug-likeness (QED) is 0.669. The van der Waals surface area contributed by atoms with Crippen molar-refractivity contribution in [3.8, 4) is 0 Å². The molecule has 0 saturated carbocycles. The predicted octanol–water partition coefficient (Wildman–Crippen LogP) is 4.31. The van der Waals surface area contributed by atoms with Crippen LogP contribution < -0.4 is 4.90 Å². The molecule has 0 spiro atoms. The van der Waals surface area contributed by atoms with Crippen LogP contribution in [-0.4, -0.2) is 74.7 Å². The minimum Gasteiger partial charge on any atom is -0.379 e. The van der Waals surface area contributed by atoms with Gasteiger partial charge in [0.15, 0.2) is 0 Å². The lowest BCUT2D eigenvalue weighted by atomic mass is 10.2. The number of rotatable bonds is 3. The molecule has 5 nitrogen and oxygen atoms in total. The van der Waals surface area contributed by atoms with E-state index in [1.54, 1.807) is 6.07 Å². The van der Waals surface area contributed by atoms with Crippen molar-refractivity contribution in [1.29, 1.82) is 0 Å². The molecule has 2 aromatic carbocycles. The summed E-state index contributed by atoms with van der Waals surface area (Å²) in [5.74, 6) is 0.203. The summed E-state index contributed by atoms with van der Waals surface area (Å²) >= 11 is 17.7. The first-order chi connectivity index (χ1) is 14.5. The number of ether oxygens (including phenoxy) is 1. The van der Waals surface area contributed by atoms with E-state index in [4.69, 9.17) is 39.5 Å². The molecule has 2 aliphatic heterocycles. The molecule has 2 aliphatic rings. The summed E-state index contributed by atoms with van der Waals surface area (Å²) in [6, 6.07) is 15.0. The van der Waals surface area contributed by atoms with Crippen LogP contribution in [0, 0.1) is 0 Å². The lowest BCUT2D eigenvalue weighted by molar-refractivity contribution is -0.133. The van der Waals surface area contributed by atoms with Crippen molar-refractivity contribution in [2.75, 3.05) is 63.9 Å². The fourth-order valence-electron chi connectivity index (χ4n) is 3.40. The van der Waals surface area contributed by atoms with Gasteiger partial charge in [0.2, 0.25) is 5.91 Å². The Morgan fingerprint density at radius 1 is 0.833 bits per heavy atom. The minimum absolute atomic E-state index is 0.203. The van der Waals surface area contributed by atoms with Crippen LogP contribution in [0.25, 0.3) is 0 Å². The first kappa shape index (κ1) is 23.2. The van der Waals surface area contributed by atoms with E-state index in [1.807, 2.05) is 47.4 Å². The van der Waals surface area contributed by atoms with Gasteiger partial charge in [0.25, 0.3) is 0 Å². The smallest absolute Gasteiger partial charge is 0.236 e. The molecule has 4 rings (SSSR count). The Morgan fingerprint density at radius 3 is 2.07 bits per heavy atom. The zero-order valence-corrected chi connectivity index (χ0v) is 19.0. The topological polar surface area (TPSA) is 36.0 Å². The molecular formula is C22H26Cl3N3O2. The molecule has 0 atom stereocenters. The number of benzene rings is 2. The van der Waals surface area contributed by atoms with Crippen LogP contribution in [0.1, 0.15) is 0 Å². The van der Waals surface area contributed by atoms with E-state index in [0.717, 1.165) is 63.2 Å². The average molecular weight is 471 g/mol. The first-order valence-electron chi connectivity index (χ1n) is 10.0. The van der Waals surface area contributed by atoms with Crippen molar-refractivity contribution >= 4 is 46.4 Å². The number of amides is 1. The van der Waals surface area contributed by atoms with Crippen molar-refractivity contribution in [2.45, 2.75) is 0 Å². The van der Waals surface area contributed by atoms with Gasteiger partial charge in [0.05, 0.1) is 30.5 Å². The van der Waals surface area contributed by atoms with E-state index in [1.165, 1.54) is 0 Å². The molecule has 0 unspecified atom stereocenters. The molecule has 30 heavy (non-hydrogen) atoms. The van der Waals surface area contributed by atoms with E-state index in [-0.39, 0.29) is 5.91 Å². The summed E-state index contributed by atoms with van der Waals surface area (Å²) in [5.41, 5.74) is 0.983. The summed E-state index contributed by atoms with van der Waals surface area (Å²) in [5, 5.41) is 2.09. The highest BCUT2D eigenvalue weighted by Crippen LogP contribution is 2.29. The Balaban J connectivity index is 0.000000310. The van der Waals surface area contributed by atoms with Gasteiger partial charge in [0.1, 0.15) is 0 Å².